The van der Waals surface area contributed by atoms with Gasteiger partial charge >= 0.3 is 0 Å². The molecule has 2 aromatic heterocycles. The minimum Gasteiger partial charge on any atom is -0.455 e. The highest BCUT2D eigenvalue weighted by Gasteiger charge is 2.18. The number of rotatable bonds is 6. The second-order valence-electron chi connectivity index (χ2n) is 16.7. The number of benzene rings is 11. The van der Waals surface area contributed by atoms with E-state index in [0.717, 1.165) is 82.8 Å². The first-order valence-corrected chi connectivity index (χ1v) is 22.0. The lowest BCUT2D eigenvalue weighted by Gasteiger charge is -2.12. The molecule has 0 atom stereocenters. The summed E-state index contributed by atoms with van der Waals surface area (Å²) in [5, 5.41) is 12.0. The van der Waals surface area contributed by atoms with E-state index < -0.39 is 0 Å². The number of fused-ring (bicyclic) bond motifs is 11. The van der Waals surface area contributed by atoms with Crippen LogP contribution in [-0.4, -0.2) is 15.0 Å². The molecule has 11 aromatic carbocycles. The van der Waals surface area contributed by atoms with E-state index in [2.05, 4.69) is 188 Å². The monoisotopic (exact) mass is 827 g/mol. The van der Waals surface area contributed by atoms with Crippen molar-refractivity contribution in [3.05, 3.63) is 224 Å². The third-order valence-corrected chi connectivity index (χ3v) is 12.9. The third kappa shape index (κ3) is 6.26. The summed E-state index contributed by atoms with van der Waals surface area (Å²) in [5.41, 5.74) is 11.3. The lowest BCUT2D eigenvalue weighted by Crippen LogP contribution is -2.00. The number of hydrogen-bond donors (Lipinski definition) is 0. The Kier molecular flexibility index (Phi) is 8.50. The van der Waals surface area contributed by atoms with Gasteiger partial charge in [0.25, 0.3) is 0 Å². The minimum atomic E-state index is 0.621. The summed E-state index contributed by atoms with van der Waals surface area (Å²) < 4.78 is 6.82. The smallest absolute Gasteiger partial charge is 0.164 e. The van der Waals surface area contributed by atoms with Gasteiger partial charge in [0.15, 0.2) is 17.5 Å². The molecule has 13 rings (SSSR count). The molecule has 0 unspecified atom stereocenters. The molecule has 4 nitrogen and oxygen atoms in total. The molecule has 0 aliphatic heterocycles. The Morgan fingerprint density at radius 2 is 0.662 bits per heavy atom. The normalized spacial score (nSPS) is 11.7. The maximum atomic E-state index is 6.82. The standard InChI is InChI=1S/C61H37N3O/c1-3-14-38(15-4-1)42-18-13-19-45(34-42)61-63-59(40-16-5-2-6-17-40)62-60(64-61)41-28-26-39(27-29-41)54-37-56-52-33-31-44(36-57(52)65-58(56)53-25-12-11-24-50(53)54)43-30-32-51-48-22-8-7-20-46(48)47-21-9-10-23-49(47)55(51)35-43/h1-37H. The molecule has 2 heterocycles. The summed E-state index contributed by atoms with van der Waals surface area (Å²) in [6.07, 6.45) is 0. The second-order valence-corrected chi connectivity index (χ2v) is 16.7. The number of aromatic nitrogens is 3. The predicted molar refractivity (Wildman–Crippen MR) is 270 cm³/mol. The van der Waals surface area contributed by atoms with Gasteiger partial charge in [0.1, 0.15) is 11.2 Å². The first kappa shape index (κ1) is 36.9. The molecular formula is C61H37N3O. The Morgan fingerprint density at radius 1 is 0.231 bits per heavy atom. The average Bonchev–Trinajstić information content (AvgIpc) is 3.77. The summed E-state index contributed by atoms with van der Waals surface area (Å²) in [7, 11) is 0. The Balaban J connectivity index is 0.899. The number of nitrogens with zero attached hydrogens (tertiary/aromatic N) is 3. The van der Waals surface area contributed by atoms with Crippen LogP contribution < -0.4 is 0 Å². The molecule has 0 saturated heterocycles. The minimum absolute atomic E-state index is 0.621. The molecule has 0 fully saturated rings. The van der Waals surface area contributed by atoms with E-state index in [0.29, 0.717) is 17.5 Å². The first-order valence-electron chi connectivity index (χ1n) is 22.0. The number of hydrogen-bond acceptors (Lipinski definition) is 4. The van der Waals surface area contributed by atoms with Crippen molar-refractivity contribution in [3.8, 4) is 67.5 Å². The molecule has 13 aromatic rings. The van der Waals surface area contributed by atoms with E-state index >= 15 is 0 Å². The zero-order valence-corrected chi connectivity index (χ0v) is 35.1. The van der Waals surface area contributed by atoms with Gasteiger partial charge in [0.2, 0.25) is 0 Å². The fourth-order valence-electron chi connectivity index (χ4n) is 9.72. The predicted octanol–water partition coefficient (Wildman–Crippen LogP) is 16.4. The van der Waals surface area contributed by atoms with Crippen LogP contribution in [0.15, 0.2) is 229 Å². The van der Waals surface area contributed by atoms with Crippen LogP contribution in [0.25, 0.3) is 133 Å². The van der Waals surface area contributed by atoms with Gasteiger partial charge in [-0.3, -0.25) is 0 Å². The largest absolute Gasteiger partial charge is 0.455 e. The van der Waals surface area contributed by atoms with Gasteiger partial charge in [-0.25, -0.2) is 15.0 Å². The van der Waals surface area contributed by atoms with Gasteiger partial charge in [-0.05, 0) is 101 Å². The molecule has 0 aliphatic rings. The van der Waals surface area contributed by atoms with Crippen LogP contribution in [0.3, 0.4) is 0 Å². The highest BCUT2D eigenvalue weighted by atomic mass is 16.3. The van der Waals surface area contributed by atoms with Crippen LogP contribution >= 0.6 is 0 Å². The molecule has 65 heavy (non-hydrogen) atoms. The molecule has 0 amide bonds. The van der Waals surface area contributed by atoms with E-state index in [1.165, 1.54) is 32.3 Å². The molecular weight excluding hydrogens is 791 g/mol. The Hall–Kier alpha value is -8.73. The molecule has 302 valence electrons. The van der Waals surface area contributed by atoms with Crippen LogP contribution in [0.2, 0.25) is 0 Å². The van der Waals surface area contributed by atoms with Crippen molar-refractivity contribution in [3.63, 3.8) is 0 Å². The zero-order valence-electron chi connectivity index (χ0n) is 35.1. The van der Waals surface area contributed by atoms with Crippen LogP contribution in [0.1, 0.15) is 0 Å². The van der Waals surface area contributed by atoms with E-state index in [1.807, 2.05) is 36.4 Å². The molecule has 0 aliphatic carbocycles. The summed E-state index contributed by atoms with van der Waals surface area (Å²) >= 11 is 0. The maximum Gasteiger partial charge on any atom is 0.164 e. The van der Waals surface area contributed by atoms with Gasteiger partial charge in [-0.1, -0.05) is 194 Å². The average molecular weight is 828 g/mol. The summed E-state index contributed by atoms with van der Waals surface area (Å²) in [5.74, 6) is 1.88. The topological polar surface area (TPSA) is 51.8 Å². The summed E-state index contributed by atoms with van der Waals surface area (Å²) in [4.78, 5) is 15.1. The van der Waals surface area contributed by atoms with E-state index in [9.17, 15) is 0 Å². The lowest BCUT2D eigenvalue weighted by atomic mass is 9.92. The molecule has 0 spiro atoms. The third-order valence-electron chi connectivity index (χ3n) is 12.9. The van der Waals surface area contributed by atoms with Crippen LogP contribution in [0.4, 0.5) is 0 Å². The first-order chi connectivity index (χ1) is 32.2. The van der Waals surface area contributed by atoms with Crippen molar-refractivity contribution in [2.45, 2.75) is 0 Å². The SMILES string of the molecule is c1ccc(-c2cccc(-c3nc(-c4ccccc4)nc(-c4ccc(-c5cc6c7ccc(-c8ccc9c%10ccccc%10c%10ccccc%10c9c8)cc7oc6c6ccccc56)cc4)n3)c2)cc1. The highest BCUT2D eigenvalue weighted by molar-refractivity contribution is 6.26. The molecule has 4 heteroatoms. The van der Waals surface area contributed by atoms with Gasteiger partial charge in [0, 0.05) is 32.8 Å². The van der Waals surface area contributed by atoms with Crippen molar-refractivity contribution in [2.75, 3.05) is 0 Å². The molecule has 0 saturated carbocycles. The Morgan fingerprint density at radius 3 is 1.32 bits per heavy atom. The van der Waals surface area contributed by atoms with Crippen LogP contribution in [-0.2, 0) is 0 Å². The molecule has 0 N–H and O–H groups in total. The fourth-order valence-corrected chi connectivity index (χ4v) is 9.72. The zero-order chi connectivity index (χ0) is 42.8. The van der Waals surface area contributed by atoms with Gasteiger partial charge in [-0.2, -0.15) is 0 Å². The van der Waals surface area contributed by atoms with Crippen molar-refractivity contribution >= 4 is 65.0 Å². The fraction of sp³-hybridized carbons (Fsp3) is 0. The van der Waals surface area contributed by atoms with Crippen molar-refractivity contribution in [1.82, 2.24) is 15.0 Å². The van der Waals surface area contributed by atoms with Crippen molar-refractivity contribution in [2.24, 2.45) is 0 Å². The Labute approximate surface area is 374 Å². The van der Waals surface area contributed by atoms with E-state index in [-0.39, 0.29) is 0 Å². The number of furan rings is 1. The van der Waals surface area contributed by atoms with Crippen LogP contribution in [0, 0.1) is 0 Å². The van der Waals surface area contributed by atoms with Gasteiger partial charge in [0.05, 0.1) is 0 Å². The van der Waals surface area contributed by atoms with E-state index in [4.69, 9.17) is 19.4 Å². The quantitative estimate of drug-likeness (QED) is 0.157. The van der Waals surface area contributed by atoms with Crippen LogP contribution in [0.5, 0.6) is 0 Å². The summed E-state index contributed by atoms with van der Waals surface area (Å²) in [6.45, 7) is 0. The summed E-state index contributed by atoms with van der Waals surface area (Å²) in [6, 6.07) is 79.3. The van der Waals surface area contributed by atoms with Gasteiger partial charge in [-0.15, -0.1) is 0 Å². The second kappa shape index (κ2) is 15.0. The van der Waals surface area contributed by atoms with Gasteiger partial charge < -0.3 is 4.42 Å². The lowest BCUT2D eigenvalue weighted by molar-refractivity contribution is 0.673. The Bertz CT molecular complexity index is 3950. The molecule has 0 radical (unpaired) electrons. The molecule has 0 bridgehead atoms. The van der Waals surface area contributed by atoms with Crippen molar-refractivity contribution in [1.29, 1.82) is 0 Å². The maximum absolute atomic E-state index is 6.82. The van der Waals surface area contributed by atoms with E-state index in [1.54, 1.807) is 0 Å². The van der Waals surface area contributed by atoms with Crippen molar-refractivity contribution < 1.29 is 4.42 Å². The highest BCUT2D eigenvalue weighted by Crippen LogP contribution is 2.42.